The van der Waals surface area contributed by atoms with Gasteiger partial charge in [0.15, 0.2) is 0 Å². The second kappa shape index (κ2) is 8.54. The molecule has 0 aliphatic heterocycles. The minimum atomic E-state index is -1.55. The van der Waals surface area contributed by atoms with Crippen LogP contribution in [0.2, 0.25) is 0 Å². The third-order valence-electron chi connectivity index (χ3n) is 1.74. The molecule has 0 spiro atoms. The molecule has 0 radical (unpaired) electrons. The Hall–Kier alpha value is 0.240. The zero-order valence-electron chi connectivity index (χ0n) is 7.87. The predicted molar refractivity (Wildman–Crippen MR) is 55.4 cm³/mol. The first kappa shape index (κ1) is 16.7. The smallest absolute Gasteiger partial charge is 0.111 e. The first-order chi connectivity index (χ1) is 6.04. The summed E-state index contributed by atoms with van der Waals surface area (Å²) in [6.45, 7) is -0.569. The fourth-order valence-corrected chi connectivity index (χ4v) is 0.893. The number of likely N-dealkylation sites (N-methyl/N-ethyl adjacent to an activating group) is 1. The molecule has 0 unspecified atom stereocenters. The van der Waals surface area contributed by atoms with E-state index in [9.17, 15) is 5.11 Å². The number of aliphatic hydroxyl groups is 5. The van der Waals surface area contributed by atoms with Crippen LogP contribution in [0.1, 0.15) is 0 Å². The normalized spacial score (nSPS) is 19.3. The minimum Gasteiger partial charge on any atom is -0.394 e. The van der Waals surface area contributed by atoms with Crippen LogP contribution >= 0.6 is 17.0 Å². The summed E-state index contributed by atoms with van der Waals surface area (Å²) in [4.78, 5) is 0. The van der Waals surface area contributed by atoms with Gasteiger partial charge in [-0.3, -0.25) is 0 Å². The summed E-state index contributed by atoms with van der Waals surface area (Å²) >= 11 is 0. The van der Waals surface area contributed by atoms with Gasteiger partial charge in [0.25, 0.3) is 0 Å². The Morgan fingerprint density at radius 2 is 1.43 bits per heavy atom. The van der Waals surface area contributed by atoms with Crippen LogP contribution in [0.4, 0.5) is 0 Å². The Balaban J connectivity index is 0. The highest BCUT2D eigenvalue weighted by Gasteiger charge is 2.29. The third-order valence-corrected chi connectivity index (χ3v) is 1.74. The van der Waals surface area contributed by atoms with Gasteiger partial charge in [0.05, 0.1) is 12.7 Å². The summed E-state index contributed by atoms with van der Waals surface area (Å²) in [6, 6.07) is 0. The fourth-order valence-electron chi connectivity index (χ4n) is 0.893. The van der Waals surface area contributed by atoms with Crippen molar-refractivity contribution in [1.82, 2.24) is 5.32 Å². The first-order valence-electron chi connectivity index (χ1n) is 4.02. The van der Waals surface area contributed by atoms with Crippen LogP contribution < -0.4 is 5.32 Å². The van der Waals surface area contributed by atoms with Crippen molar-refractivity contribution >= 4 is 17.0 Å². The summed E-state index contributed by atoms with van der Waals surface area (Å²) < 4.78 is 0. The summed E-state index contributed by atoms with van der Waals surface area (Å²) in [5.74, 6) is 0. The number of rotatable bonds is 6. The van der Waals surface area contributed by atoms with Crippen LogP contribution in [-0.4, -0.2) is 70.1 Å². The molecule has 0 amide bonds. The molecular weight excluding hydrogens is 258 g/mol. The molecule has 0 saturated heterocycles. The van der Waals surface area contributed by atoms with Gasteiger partial charge in [0, 0.05) is 6.54 Å². The molecule has 0 aliphatic rings. The molecule has 0 aliphatic carbocycles. The second-order valence-electron chi connectivity index (χ2n) is 2.86. The van der Waals surface area contributed by atoms with Crippen molar-refractivity contribution in [2.75, 3.05) is 20.2 Å². The molecule has 6 nitrogen and oxygen atoms in total. The average Bonchev–Trinajstić information content (AvgIpc) is 2.14. The van der Waals surface area contributed by atoms with Crippen molar-refractivity contribution in [2.24, 2.45) is 0 Å². The molecule has 0 heterocycles. The second-order valence-corrected chi connectivity index (χ2v) is 2.86. The SMILES string of the molecule is Br.CNC[C@H](O)[C@H](O)[C@@H](O)[C@@H](O)CO. The summed E-state index contributed by atoms with van der Waals surface area (Å²) in [6.07, 6.45) is -5.65. The molecule has 0 aromatic heterocycles. The van der Waals surface area contributed by atoms with Gasteiger partial charge in [-0.1, -0.05) is 0 Å². The molecule has 88 valence electrons. The summed E-state index contributed by atoms with van der Waals surface area (Å²) in [5.41, 5.74) is 0. The number of halogens is 1. The van der Waals surface area contributed by atoms with Crippen LogP contribution in [0.5, 0.6) is 0 Å². The van der Waals surface area contributed by atoms with Gasteiger partial charge in [0.1, 0.15) is 18.3 Å². The van der Waals surface area contributed by atoms with Crippen molar-refractivity contribution in [3.8, 4) is 0 Å². The average molecular weight is 276 g/mol. The number of hydrogen-bond donors (Lipinski definition) is 6. The topological polar surface area (TPSA) is 113 Å². The molecule has 7 heteroatoms. The van der Waals surface area contributed by atoms with Crippen LogP contribution in [0, 0.1) is 0 Å². The number of aliphatic hydroxyl groups excluding tert-OH is 5. The molecule has 0 rings (SSSR count). The Morgan fingerprint density at radius 1 is 1.00 bits per heavy atom. The Kier molecular flexibility index (Phi) is 10.2. The van der Waals surface area contributed by atoms with E-state index in [2.05, 4.69) is 5.32 Å². The van der Waals surface area contributed by atoms with Gasteiger partial charge in [-0.25, -0.2) is 0 Å². The Morgan fingerprint density at radius 3 is 1.79 bits per heavy atom. The number of nitrogens with one attached hydrogen (secondary N) is 1. The van der Waals surface area contributed by atoms with Gasteiger partial charge in [0.2, 0.25) is 0 Å². The van der Waals surface area contributed by atoms with E-state index in [4.69, 9.17) is 20.4 Å². The molecular formula is C7H18BrNO5. The molecule has 6 N–H and O–H groups in total. The van der Waals surface area contributed by atoms with Crippen molar-refractivity contribution in [2.45, 2.75) is 24.4 Å². The highest BCUT2D eigenvalue weighted by molar-refractivity contribution is 8.93. The Labute approximate surface area is 93.0 Å². The largest absolute Gasteiger partial charge is 0.394 e. The van der Waals surface area contributed by atoms with Gasteiger partial charge < -0.3 is 30.8 Å². The summed E-state index contributed by atoms with van der Waals surface area (Å²) in [5, 5.41) is 47.5. The predicted octanol–water partition coefficient (Wildman–Crippen LogP) is -2.78. The van der Waals surface area contributed by atoms with Crippen LogP contribution in [0.25, 0.3) is 0 Å². The lowest BCUT2D eigenvalue weighted by molar-refractivity contribution is -0.113. The lowest BCUT2D eigenvalue weighted by Crippen LogP contribution is -2.48. The van der Waals surface area contributed by atoms with Gasteiger partial charge >= 0.3 is 0 Å². The maximum Gasteiger partial charge on any atom is 0.111 e. The van der Waals surface area contributed by atoms with E-state index in [-0.39, 0.29) is 23.5 Å². The van der Waals surface area contributed by atoms with E-state index in [1.165, 1.54) is 0 Å². The van der Waals surface area contributed by atoms with E-state index >= 15 is 0 Å². The van der Waals surface area contributed by atoms with E-state index in [1.54, 1.807) is 7.05 Å². The van der Waals surface area contributed by atoms with E-state index < -0.39 is 31.0 Å². The van der Waals surface area contributed by atoms with Crippen molar-refractivity contribution in [1.29, 1.82) is 0 Å². The van der Waals surface area contributed by atoms with Gasteiger partial charge in [-0.15, -0.1) is 17.0 Å². The van der Waals surface area contributed by atoms with Crippen molar-refractivity contribution in [3.05, 3.63) is 0 Å². The van der Waals surface area contributed by atoms with Crippen molar-refractivity contribution in [3.63, 3.8) is 0 Å². The molecule has 14 heavy (non-hydrogen) atoms. The van der Waals surface area contributed by atoms with Crippen LogP contribution in [-0.2, 0) is 0 Å². The van der Waals surface area contributed by atoms with Gasteiger partial charge in [-0.05, 0) is 7.05 Å². The first-order valence-corrected chi connectivity index (χ1v) is 4.02. The highest BCUT2D eigenvalue weighted by atomic mass is 79.9. The van der Waals surface area contributed by atoms with Gasteiger partial charge in [-0.2, -0.15) is 0 Å². The maximum absolute atomic E-state index is 9.21. The molecule has 0 fully saturated rings. The quantitative estimate of drug-likeness (QED) is 0.313. The summed E-state index contributed by atoms with van der Waals surface area (Å²) in [7, 11) is 1.57. The lowest BCUT2D eigenvalue weighted by Gasteiger charge is -2.25. The van der Waals surface area contributed by atoms with Crippen LogP contribution in [0.3, 0.4) is 0 Å². The fraction of sp³-hybridized carbons (Fsp3) is 1.00. The zero-order valence-corrected chi connectivity index (χ0v) is 9.58. The lowest BCUT2D eigenvalue weighted by atomic mass is 10.0. The van der Waals surface area contributed by atoms with Crippen molar-refractivity contribution < 1.29 is 25.5 Å². The molecule has 0 aromatic carbocycles. The standard InChI is InChI=1S/C7H17NO5.BrH/c1-8-2-4(10)6(12)7(13)5(11)3-9;/h4-13H,2-3H2,1H3;1H/t4-,5-,6-,7-;/m0./s1. The third kappa shape index (κ3) is 5.20. The monoisotopic (exact) mass is 275 g/mol. The molecule has 0 bridgehead atoms. The molecule has 0 aromatic rings. The zero-order chi connectivity index (χ0) is 10.4. The van der Waals surface area contributed by atoms with Crippen LogP contribution in [0.15, 0.2) is 0 Å². The molecule has 4 atom stereocenters. The molecule has 0 saturated carbocycles. The number of hydrogen-bond acceptors (Lipinski definition) is 6. The van der Waals surface area contributed by atoms with E-state index in [0.29, 0.717) is 0 Å². The Bertz CT molecular complexity index is 139. The maximum atomic E-state index is 9.21. The highest BCUT2D eigenvalue weighted by Crippen LogP contribution is 2.04. The minimum absolute atomic E-state index is 0. The van der Waals surface area contributed by atoms with E-state index in [1.807, 2.05) is 0 Å². The van der Waals surface area contributed by atoms with E-state index in [0.717, 1.165) is 0 Å².